The summed E-state index contributed by atoms with van der Waals surface area (Å²) < 4.78 is 31.1. The van der Waals surface area contributed by atoms with Crippen molar-refractivity contribution in [1.29, 1.82) is 0 Å². The molecule has 0 saturated carbocycles. The van der Waals surface area contributed by atoms with Gasteiger partial charge in [-0.3, -0.25) is 13.9 Å². The summed E-state index contributed by atoms with van der Waals surface area (Å²) in [4.78, 5) is 26.8. The van der Waals surface area contributed by atoms with Gasteiger partial charge in [-0.2, -0.15) is 0 Å². The van der Waals surface area contributed by atoms with Crippen molar-refractivity contribution in [1.82, 2.24) is 9.80 Å². The molecule has 10 heteroatoms. The van der Waals surface area contributed by atoms with Crippen LogP contribution in [-0.4, -0.2) is 76.1 Å². The molecule has 8 nitrogen and oxygen atoms in total. The minimum Gasteiger partial charge on any atom is -0.495 e. The number of methoxy groups -OCH3 is 1. The van der Waals surface area contributed by atoms with Crippen molar-refractivity contribution < 1.29 is 22.7 Å². The van der Waals surface area contributed by atoms with E-state index in [1.165, 1.54) is 20.1 Å². The molecular weight excluding hydrogens is 382 g/mol. The Bertz CT molecular complexity index is 778. The van der Waals surface area contributed by atoms with Gasteiger partial charge < -0.3 is 14.5 Å². The predicted molar refractivity (Wildman–Crippen MR) is 99.0 cm³/mol. The Morgan fingerprint density at radius 2 is 1.92 bits per heavy atom. The van der Waals surface area contributed by atoms with Gasteiger partial charge in [0.15, 0.2) is 0 Å². The van der Waals surface area contributed by atoms with Crippen LogP contribution in [0.4, 0.5) is 5.69 Å². The van der Waals surface area contributed by atoms with Crippen LogP contribution < -0.4 is 9.04 Å². The summed E-state index contributed by atoms with van der Waals surface area (Å²) in [6.07, 6.45) is 1.77. The summed E-state index contributed by atoms with van der Waals surface area (Å²) in [6.45, 7) is 3.07. The summed E-state index contributed by atoms with van der Waals surface area (Å²) in [5.41, 5.74) is 0.204. The highest BCUT2D eigenvalue weighted by molar-refractivity contribution is 7.92. The van der Waals surface area contributed by atoms with Gasteiger partial charge in [0.05, 0.1) is 19.1 Å². The molecule has 1 aromatic carbocycles. The van der Waals surface area contributed by atoms with Gasteiger partial charge in [-0.25, -0.2) is 8.42 Å². The maximum atomic E-state index is 12.9. The van der Waals surface area contributed by atoms with Crippen LogP contribution in [0.1, 0.15) is 6.92 Å². The normalized spacial score (nSPS) is 16.2. The van der Waals surface area contributed by atoms with E-state index in [1.54, 1.807) is 21.9 Å². The standard InChI is InChI=1S/C16H22ClN3O5S/c1-12(16(22)19-8-6-18(11-21)7-9-19)20(26(3,23)24)14-10-13(17)4-5-15(14)25-2/h4-5,10-12H,6-9H2,1-3H3. The minimum atomic E-state index is -3.79. The second-order valence-electron chi connectivity index (χ2n) is 6.02. The number of rotatable bonds is 6. The van der Waals surface area contributed by atoms with Gasteiger partial charge >= 0.3 is 0 Å². The molecule has 26 heavy (non-hydrogen) atoms. The zero-order valence-electron chi connectivity index (χ0n) is 14.9. The number of anilines is 1. The first-order chi connectivity index (χ1) is 12.2. The van der Waals surface area contributed by atoms with Gasteiger partial charge in [-0.1, -0.05) is 11.6 Å². The topological polar surface area (TPSA) is 87.2 Å². The average Bonchev–Trinajstić information content (AvgIpc) is 2.60. The second kappa shape index (κ2) is 8.13. The fourth-order valence-corrected chi connectivity index (χ4v) is 4.25. The Hall–Kier alpha value is -2.00. The molecule has 0 N–H and O–H groups in total. The lowest BCUT2D eigenvalue weighted by Crippen LogP contribution is -2.55. The maximum Gasteiger partial charge on any atom is 0.246 e. The van der Waals surface area contributed by atoms with Crippen LogP contribution >= 0.6 is 11.6 Å². The molecule has 0 aromatic heterocycles. The molecule has 1 aliphatic heterocycles. The van der Waals surface area contributed by atoms with E-state index in [4.69, 9.17) is 16.3 Å². The third-order valence-corrected chi connectivity index (χ3v) is 5.68. The first-order valence-electron chi connectivity index (χ1n) is 8.00. The molecule has 1 aromatic rings. The van der Waals surface area contributed by atoms with E-state index in [9.17, 15) is 18.0 Å². The highest BCUT2D eigenvalue weighted by Gasteiger charge is 2.34. The summed E-state index contributed by atoms with van der Waals surface area (Å²) in [5, 5.41) is 0.327. The Balaban J connectivity index is 2.35. The van der Waals surface area contributed by atoms with Crippen LogP contribution in [0.3, 0.4) is 0 Å². The van der Waals surface area contributed by atoms with E-state index in [2.05, 4.69) is 0 Å². The molecule has 1 saturated heterocycles. The summed E-state index contributed by atoms with van der Waals surface area (Å²) >= 11 is 6.02. The molecular formula is C16H22ClN3O5S. The minimum absolute atomic E-state index is 0.204. The van der Waals surface area contributed by atoms with Crippen molar-refractivity contribution in [3.63, 3.8) is 0 Å². The van der Waals surface area contributed by atoms with Crippen LogP contribution in [0.15, 0.2) is 18.2 Å². The fraction of sp³-hybridized carbons (Fsp3) is 0.500. The number of halogens is 1. The lowest BCUT2D eigenvalue weighted by Gasteiger charge is -2.37. The van der Waals surface area contributed by atoms with Crippen LogP contribution in [0.5, 0.6) is 5.75 Å². The monoisotopic (exact) mass is 403 g/mol. The molecule has 2 rings (SSSR count). The zero-order chi connectivity index (χ0) is 19.5. The zero-order valence-corrected chi connectivity index (χ0v) is 16.5. The molecule has 1 aliphatic rings. The van der Waals surface area contributed by atoms with E-state index in [0.717, 1.165) is 17.0 Å². The van der Waals surface area contributed by atoms with E-state index in [-0.39, 0.29) is 11.6 Å². The predicted octanol–water partition coefficient (Wildman–Crippen LogP) is 0.804. The van der Waals surface area contributed by atoms with Crippen molar-refractivity contribution in [2.45, 2.75) is 13.0 Å². The van der Waals surface area contributed by atoms with Gasteiger partial charge in [-0.05, 0) is 25.1 Å². The number of piperazine rings is 1. The van der Waals surface area contributed by atoms with E-state index < -0.39 is 16.1 Å². The lowest BCUT2D eigenvalue weighted by atomic mass is 10.2. The Morgan fingerprint density at radius 1 is 1.31 bits per heavy atom. The molecule has 0 aliphatic carbocycles. The van der Waals surface area contributed by atoms with Crippen LogP contribution in [0.2, 0.25) is 5.02 Å². The third kappa shape index (κ3) is 4.39. The fourth-order valence-electron chi connectivity index (χ4n) is 2.92. The average molecular weight is 404 g/mol. The number of hydrogen-bond donors (Lipinski definition) is 0. The number of ether oxygens (including phenoxy) is 1. The SMILES string of the molecule is COc1ccc(Cl)cc1N(C(C)C(=O)N1CCN(C=O)CC1)S(C)(=O)=O. The largest absolute Gasteiger partial charge is 0.495 e. The molecule has 144 valence electrons. The van der Waals surface area contributed by atoms with E-state index in [0.29, 0.717) is 37.0 Å². The van der Waals surface area contributed by atoms with Gasteiger partial charge in [0.25, 0.3) is 0 Å². The van der Waals surface area contributed by atoms with Crippen molar-refractivity contribution in [2.75, 3.05) is 43.8 Å². The van der Waals surface area contributed by atoms with E-state index in [1.807, 2.05) is 0 Å². The molecule has 1 atom stereocenters. The summed E-state index contributed by atoms with van der Waals surface area (Å²) in [5.74, 6) is -0.0479. The smallest absolute Gasteiger partial charge is 0.246 e. The van der Waals surface area contributed by atoms with Crippen molar-refractivity contribution in [3.8, 4) is 5.75 Å². The van der Waals surface area contributed by atoms with Crippen LogP contribution in [-0.2, 0) is 19.6 Å². The molecule has 0 bridgehead atoms. The van der Waals surface area contributed by atoms with Crippen LogP contribution in [0, 0.1) is 0 Å². The van der Waals surface area contributed by atoms with E-state index >= 15 is 0 Å². The molecule has 2 amide bonds. The first-order valence-corrected chi connectivity index (χ1v) is 10.2. The highest BCUT2D eigenvalue weighted by Crippen LogP contribution is 2.34. The molecule has 0 spiro atoms. The molecule has 1 heterocycles. The number of carbonyl (C=O) groups is 2. The van der Waals surface area contributed by atoms with Gasteiger partial charge in [0.1, 0.15) is 11.8 Å². The number of benzene rings is 1. The van der Waals surface area contributed by atoms with Crippen LogP contribution in [0.25, 0.3) is 0 Å². The maximum absolute atomic E-state index is 12.9. The third-order valence-electron chi connectivity index (χ3n) is 4.22. The van der Waals surface area contributed by atoms with Gasteiger partial charge in [0.2, 0.25) is 22.3 Å². The highest BCUT2D eigenvalue weighted by atomic mass is 35.5. The van der Waals surface area contributed by atoms with Crippen molar-refractivity contribution in [3.05, 3.63) is 23.2 Å². The Morgan fingerprint density at radius 3 is 2.42 bits per heavy atom. The Labute approximate surface area is 158 Å². The number of carbonyl (C=O) groups excluding carboxylic acids is 2. The van der Waals surface area contributed by atoms with Gasteiger partial charge in [0, 0.05) is 31.2 Å². The molecule has 0 radical (unpaired) electrons. The number of amides is 2. The number of sulfonamides is 1. The molecule has 1 unspecified atom stereocenters. The lowest BCUT2D eigenvalue weighted by molar-refractivity contribution is -0.135. The van der Waals surface area contributed by atoms with Crippen molar-refractivity contribution in [2.24, 2.45) is 0 Å². The van der Waals surface area contributed by atoms with Crippen molar-refractivity contribution >= 4 is 39.6 Å². The molecule has 1 fully saturated rings. The number of hydrogen-bond acceptors (Lipinski definition) is 5. The Kier molecular flexibility index (Phi) is 6.35. The van der Waals surface area contributed by atoms with Gasteiger partial charge in [-0.15, -0.1) is 0 Å². The second-order valence-corrected chi connectivity index (χ2v) is 8.31. The summed E-state index contributed by atoms with van der Waals surface area (Å²) in [7, 11) is -2.37. The quantitative estimate of drug-likeness (QED) is 0.656. The summed E-state index contributed by atoms with van der Waals surface area (Å²) in [6, 6.07) is 3.60. The first kappa shape index (κ1) is 20.3. The number of nitrogens with zero attached hydrogens (tertiary/aromatic N) is 3.